The molecule has 0 saturated heterocycles. The third kappa shape index (κ3) is 7.73. The minimum Gasteiger partial charge on any atom is -0.406 e. The number of anilines is 1. The van der Waals surface area contributed by atoms with Gasteiger partial charge in [0.2, 0.25) is 5.91 Å². The van der Waals surface area contributed by atoms with Gasteiger partial charge < -0.3 is 10.1 Å². The van der Waals surface area contributed by atoms with E-state index in [0.29, 0.717) is 18.4 Å². The van der Waals surface area contributed by atoms with E-state index < -0.39 is 12.3 Å². The van der Waals surface area contributed by atoms with Crippen LogP contribution in [0.25, 0.3) is 0 Å². The molecule has 1 amide bonds. The van der Waals surface area contributed by atoms with Crippen LogP contribution in [-0.4, -0.2) is 22.2 Å². The van der Waals surface area contributed by atoms with Gasteiger partial charge in [-0.05, 0) is 37.0 Å². The molecule has 0 aliphatic rings. The van der Waals surface area contributed by atoms with Gasteiger partial charge in [-0.15, -0.1) is 13.2 Å². The number of aryl methyl sites for hydroxylation is 1. The zero-order chi connectivity index (χ0) is 19.7. The standard InChI is InChI=1S/C18H17F3N4O2/c19-18(20,21)27-15-7-4-5-13(9-15)10-17(26)25-16-12-23-14(11-24-16)6-2-1-3-8-22/h4-5,7,9,11-12H,1-3,6,10H2,(H,24,25,26). The van der Waals surface area contributed by atoms with E-state index in [9.17, 15) is 18.0 Å². The topological polar surface area (TPSA) is 87.9 Å². The summed E-state index contributed by atoms with van der Waals surface area (Å²) in [4.78, 5) is 20.3. The van der Waals surface area contributed by atoms with Gasteiger partial charge in [0.1, 0.15) is 5.75 Å². The summed E-state index contributed by atoms with van der Waals surface area (Å²) in [7, 11) is 0. The number of rotatable bonds is 8. The first kappa shape index (κ1) is 20.2. The third-order valence-electron chi connectivity index (χ3n) is 3.44. The Labute approximate surface area is 154 Å². The minimum absolute atomic E-state index is 0.132. The molecule has 1 aromatic carbocycles. The Morgan fingerprint density at radius 1 is 1.22 bits per heavy atom. The van der Waals surface area contributed by atoms with Gasteiger partial charge in [-0.3, -0.25) is 9.78 Å². The Morgan fingerprint density at radius 2 is 2.04 bits per heavy atom. The van der Waals surface area contributed by atoms with E-state index >= 15 is 0 Å². The Hall–Kier alpha value is -3.15. The normalized spacial score (nSPS) is 10.9. The monoisotopic (exact) mass is 378 g/mol. The van der Waals surface area contributed by atoms with Crippen molar-refractivity contribution in [2.24, 2.45) is 0 Å². The maximum Gasteiger partial charge on any atom is 0.573 e. The SMILES string of the molecule is N#CCCCCc1cnc(NC(=O)Cc2cccc(OC(F)(F)F)c2)cn1. The van der Waals surface area contributed by atoms with Crippen molar-refractivity contribution >= 4 is 11.7 Å². The molecule has 1 aromatic heterocycles. The molecule has 0 fully saturated rings. The highest BCUT2D eigenvalue weighted by Gasteiger charge is 2.31. The molecule has 1 N–H and O–H groups in total. The van der Waals surface area contributed by atoms with Crippen LogP contribution in [0.5, 0.6) is 5.75 Å². The summed E-state index contributed by atoms with van der Waals surface area (Å²) in [5.41, 5.74) is 1.12. The summed E-state index contributed by atoms with van der Waals surface area (Å²) < 4.78 is 40.6. The number of benzene rings is 1. The lowest BCUT2D eigenvalue weighted by Gasteiger charge is -2.10. The predicted molar refractivity (Wildman–Crippen MR) is 90.7 cm³/mol. The average molecular weight is 378 g/mol. The van der Waals surface area contributed by atoms with E-state index in [0.717, 1.165) is 30.7 Å². The number of nitriles is 1. The van der Waals surface area contributed by atoms with Gasteiger partial charge in [-0.25, -0.2) is 4.98 Å². The fourth-order valence-corrected chi connectivity index (χ4v) is 2.28. The van der Waals surface area contributed by atoms with Crippen molar-refractivity contribution in [3.63, 3.8) is 0 Å². The fourth-order valence-electron chi connectivity index (χ4n) is 2.28. The lowest BCUT2D eigenvalue weighted by atomic mass is 10.1. The van der Waals surface area contributed by atoms with Crippen LogP contribution in [0.4, 0.5) is 19.0 Å². The van der Waals surface area contributed by atoms with E-state index in [-0.39, 0.29) is 18.0 Å². The van der Waals surface area contributed by atoms with Crippen LogP contribution in [0.2, 0.25) is 0 Å². The Kier molecular flexibility index (Phi) is 7.11. The summed E-state index contributed by atoms with van der Waals surface area (Å²) in [6.07, 6.45) is 0.837. The number of halogens is 3. The van der Waals surface area contributed by atoms with Gasteiger partial charge >= 0.3 is 6.36 Å². The van der Waals surface area contributed by atoms with Crippen LogP contribution in [0.15, 0.2) is 36.7 Å². The van der Waals surface area contributed by atoms with E-state index in [1.807, 2.05) is 0 Å². The maximum atomic E-state index is 12.2. The Morgan fingerprint density at radius 3 is 2.70 bits per heavy atom. The van der Waals surface area contributed by atoms with E-state index in [2.05, 4.69) is 26.1 Å². The van der Waals surface area contributed by atoms with Gasteiger partial charge in [0.25, 0.3) is 0 Å². The first-order chi connectivity index (χ1) is 12.9. The van der Waals surface area contributed by atoms with Crippen LogP contribution in [-0.2, 0) is 17.6 Å². The molecular formula is C18H17F3N4O2. The highest BCUT2D eigenvalue weighted by Crippen LogP contribution is 2.23. The molecule has 0 saturated carbocycles. The van der Waals surface area contributed by atoms with Crippen molar-refractivity contribution in [2.45, 2.75) is 38.5 Å². The lowest BCUT2D eigenvalue weighted by Crippen LogP contribution is -2.18. The van der Waals surface area contributed by atoms with Crippen LogP contribution in [0.1, 0.15) is 30.5 Å². The number of amides is 1. The summed E-state index contributed by atoms with van der Waals surface area (Å²) in [6, 6.07) is 7.30. The quantitative estimate of drug-likeness (QED) is 0.706. The van der Waals surface area contributed by atoms with Crippen LogP contribution in [0.3, 0.4) is 0 Å². The number of alkyl halides is 3. The number of nitrogens with zero attached hydrogens (tertiary/aromatic N) is 3. The molecule has 1 heterocycles. The minimum atomic E-state index is -4.78. The molecule has 0 bridgehead atoms. The Bertz CT molecular complexity index is 801. The third-order valence-corrected chi connectivity index (χ3v) is 3.44. The summed E-state index contributed by atoms with van der Waals surface area (Å²) in [5, 5.41) is 11.0. The number of carbonyl (C=O) groups is 1. The average Bonchev–Trinajstić information content (AvgIpc) is 2.59. The highest BCUT2D eigenvalue weighted by atomic mass is 19.4. The van der Waals surface area contributed by atoms with Crippen LogP contribution < -0.4 is 10.1 Å². The molecule has 0 spiro atoms. The molecule has 2 aromatic rings. The second-order valence-electron chi connectivity index (χ2n) is 5.68. The van der Waals surface area contributed by atoms with Crippen molar-refractivity contribution < 1.29 is 22.7 Å². The number of ether oxygens (including phenoxy) is 1. The van der Waals surface area contributed by atoms with Crippen molar-refractivity contribution in [1.82, 2.24) is 9.97 Å². The zero-order valence-corrected chi connectivity index (χ0v) is 14.3. The molecule has 0 atom stereocenters. The lowest BCUT2D eigenvalue weighted by molar-refractivity contribution is -0.274. The van der Waals surface area contributed by atoms with Gasteiger partial charge in [-0.1, -0.05) is 12.1 Å². The zero-order valence-electron chi connectivity index (χ0n) is 14.3. The van der Waals surface area contributed by atoms with E-state index in [1.54, 1.807) is 6.20 Å². The fraction of sp³-hybridized carbons (Fsp3) is 0.333. The van der Waals surface area contributed by atoms with Crippen molar-refractivity contribution in [3.05, 3.63) is 47.9 Å². The summed E-state index contributed by atoms with van der Waals surface area (Å²) in [5.74, 6) is -0.563. The van der Waals surface area contributed by atoms with Gasteiger partial charge in [0.05, 0.1) is 30.6 Å². The van der Waals surface area contributed by atoms with E-state index in [4.69, 9.17) is 5.26 Å². The van der Waals surface area contributed by atoms with E-state index in [1.165, 1.54) is 18.3 Å². The number of aromatic nitrogens is 2. The summed E-state index contributed by atoms with van der Waals surface area (Å²) in [6.45, 7) is 0. The molecule has 0 aliphatic carbocycles. The largest absolute Gasteiger partial charge is 0.573 e. The second-order valence-corrected chi connectivity index (χ2v) is 5.68. The number of unbranched alkanes of at least 4 members (excludes halogenated alkanes) is 2. The second kappa shape index (κ2) is 9.52. The molecule has 27 heavy (non-hydrogen) atoms. The number of hydrogen-bond acceptors (Lipinski definition) is 5. The summed E-state index contributed by atoms with van der Waals surface area (Å²) >= 11 is 0. The molecule has 9 heteroatoms. The van der Waals surface area contributed by atoms with Crippen LogP contribution >= 0.6 is 0 Å². The molecule has 142 valence electrons. The molecule has 6 nitrogen and oxygen atoms in total. The first-order valence-electron chi connectivity index (χ1n) is 8.18. The van der Waals surface area contributed by atoms with Gasteiger partial charge in [-0.2, -0.15) is 5.26 Å². The molecule has 0 aliphatic heterocycles. The van der Waals surface area contributed by atoms with Crippen LogP contribution in [0, 0.1) is 11.3 Å². The Balaban J connectivity index is 1.87. The number of nitrogens with one attached hydrogen (secondary N) is 1. The molecule has 0 radical (unpaired) electrons. The molecule has 2 rings (SSSR count). The number of hydrogen-bond donors (Lipinski definition) is 1. The molecular weight excluding hydrogens is 361 g/mol. The van der Waals surface area contributed by atoms with Crippen molar-refractivity contribution in [1.29, 1.82) is 5.26 Å². The predicted octanol–water partition coefficient (Wildman–Crippen LogP) is 3.79. The maximum absolute atomic E-state index is 12.2. The molecule has 0 unspecified atom stereocenters. The smallest absolute Gasteiger partial charge is 0.406 e. The highest BCUT2D eigenvalue weighted by molar-refractivity contribution is 5.91. The van der Waals surface area contributed by atoms with Gasteiger partial charge in [0, 0.05) is 6.42 Å². The number of carbonyl (C=O) groups excluding carboxylic acids is 1. The van der Waals surface area contributed by atoms with Gasteiger partial charge in [0.15, 0.2) is 5.82 Å². The first-order valence-corrected chi connectivity index (χ1v) is 8.18. The van der Waals surface area contributed by atoms with Crippen molar-refractivity contribution in [3.8, 4) is 11.8 Å². The van der Waals surface area contributed by atoms with Crippen molar-refractivity contribution in [2.75, 3.05) is 5.32 Å².